The number of carbonyl (C=O) groups is 1. The van der Waals surface area contributed by atoms with Gasteiger partial charge in [0.25, 0.3) is 5.91 Å². The molecule has 0 aliphatic rings. The number of aromatic nitrogens is 2. The van der Waals surface area contributed by atoms with Gasteiger partial charge in [-0.3, -0.25) is 4.79 Å². The second-order valence-electron chi connectivity index (χ2n) is 6.51. The summed E-state index contributed by atoms with van der Waals surface area (Å²) in [4.78, 5) is 13.7. The number of benzene rings is 1. The van der Waals surface area contributed by atoms with Crippen molar-refractivity contribution in [2.45, 2.75) is 13.3 Å². The summed E-state index contributed by atoms with van der Waals surface area (Å²) in [5.41, 5.74) is 2.00. The molecule has 1 amide bonds. The molecule has 2 aromatic heterocycles. The van der Waals surface area contributed by atoms with Gasteiger partial charge in [0.2, 0.25) is 10.0 Å². The summed E-state index contributed by atoms with van der Waals surface area (Å²) in [6, 6.07) is 13.5. The van der Waals surface area contributed by atoms with Crippen LogP contribution in [0.2, 0.25) is 0 Å². The third-order valence-corrected chi connectivity index (χ3v) is 6.68. The summed E-state index contributed by atoms with van der Waals surface area (Å²) in [7, 11) is -3.22. The zero-order valence-corrected chi connectivity index (χ0v) is 18.0. The third kappa shape index (κ3) is 5.31. The summed E-state index contributed by atoms with van der Waals surface area (Å²) in [5.74, 6) is -0.224. The number of hydrogen-bond acceptors (Lipinski definition) is 5. The normalized spacial score (nSPS) is 11.7. The average Bonchev–Trinajstić information content (AvgIpc) is 3.37. The van der Waals surface area contributed by atoms with E-state index in [2.05, 4.69) is 10.4 Å². The lowest BCUT2D eigenvalue weighted by Crippen LogP contribution is -2.33. The SMILES string of the molecule is CCN(CCCNC(=O)c1cn(-c2ccccc2)nc1-c1cccs1)S(C)(=O)=O. The van der Waals surface area contributed by atoms with Gasteiger partial charge in [-0.1, -0.05) is 31.2 Å². The number of thiophene rings is 1. The van der Waals surface area contributed by atoms with Crippen molar-refractivity contribution in [3.05, 3.63) is 59.6 Å². The fourth-order valence-electron chi connectivity index (χ4n) is 2.96. The van der Waals surface area contributed by atoms with Crippen molar-refractivity contribution in [1.29, 1.82) is 0 Å². The van der Waals surface area contributed by atoms with Crippen LogP contribution in [0.3, 0.4) is 0 Å². The highest BCUT2D eigenvalue weighted by Gasteiger charge is 2.19. The molecule has 3 rings (SSSR count). The standard InChI is InChI=1S/C20H24N4O3S2/c1-3-23(29(2,26)27)13-8-12-21-20(25)17-15-24(16-9-5-4-6-10-16)22-19(17)18-11-7-14-28-18/h4-7,9-11,14-15H,3,8,12-13H2,1-2H3,(H,21,25). The lowest BCUT2D eigenvalue weighted by Gasteiger charge is -2.17. The Morgan fingerprint density at radius 1 is 1.21 bits per heavy atom. The number of nitrogens with one attached hydrogen (secondary N) is 1. The average molecular weight is 433 g/mol. The molecule has 0 radical (unpaired) electrons. The van der Waals surface area contributed by atoms with E-state index in [1.807, 2.05) is 47.8 Å². The molecular formula is C20H24N4O3S2. The maximum atomic E-state index is 12.8. The van der Waals surface area contributed by atoms with E-state index >= 15 is 0 Å². The Balaban J connectivity index is 1.73. The molecule has 1 N–H and O–H groups in total. The number of hydrogen-bond donors (Lipinski definition) is 1. The van der Waals surface area contributed by atoms with Crippen molar-refractivity contribution in [2.75, 3.05) is 25.9 Å². The maximum Gasteiger partial charge on any atom is 0.255 e. The molecule has 1 aromatic carbocycles. The van der Waals surface area contributed by atoms with Gasteiger partial charge >= 0.3 is 0 Å². The first-order chi connectivity index (χ1) is 13.9. The van der Waals surface area contributed by atoms with E-state index in [1.165, 1.54) is 21.9 Å². The molecule has 0 aliphatic carbocycles. The Labute approximate surface area is 175 Å². The highest BCUT2D eigenvalue weighted by molar-refractivity contribution is 7.88. The van der Waals surface area contributed by atoms with Crippen LogP contribution >= 0.6 is 11.3 Å². The van der Waals surface area contributed by atoms with Crippen molar-refractivity contribution in [1.82, 2.24) is 19.4 Å². The fraction of sp³-hybridized carbons (Fsp3) is 0.300. The van der Waals surface area contributed by atoms with E-state index in [0.717, 1.165) is 10.6 Å². The van der Waals surface area contributed by atoms with Crippen LogP contribution in [0.1, 0.15) is 23.7 Å². The van der Waals surface area contributed by atoms with Gasteiger partial charge in [-0.15, -0.1) is 11.3 Å². The Morgan fingerprint density at radius 3 is 2.59 bits per heavy atom. The molecule has 2 heterocycles. The molecular weight excluding hydrogens is 408 g/mol. The van der Waals surface area contributed by atoms with Crippen LogP contribution in [0.4, 0.5) is 0 Å². The molecule has 9 heteroatoms. The van der Waals surface area contributed by atoms with Crippen LogP contribution < -0.4 is 5.32 Å². The zero-order chi connectivity index (χ0) is 20.9. The first-order valence-corrected chi connectivity index (χ1v) is 12.0. The van der Waals surface area contributed by atoms with Crippen LogP contribution in [0.5, 0.6) is 0 Å². The van der Waals surface area contributed by atoms with Crippen molar-refractivity contribution in [3.63, 3.8) is 0 Å². The van der Waals surface area contributed by atoms with Crippen LogP contribution in [-0.2, 0) is 10.0 Å². The summed E-state index contributed by atoms with van der Waals surface area (Å²) in [6.07, 6.45) is 3.46. The number of carbonyl (C=O) groups excluding carboxylic acids is 1. The molecule has 0 spiro atoms. The number of amides is 1. The molecule has 0 saturated carbocycles. The summed E-state index contributed by atoms with van der Waals surface area (Å²) in [6.45, 7) is 2.96. The van der Waals surface area contributed by atoms with Crippen molar-refractivity contribution >= 4 is 27.3 Å². The smallest absolute Gasteiger partial charge is 0.255 e. The van der Waals surface area contributed by atoms with Gasteiger partial charge < -0.3 is 5.32 Å². The summed E-state index contributed by atoms with van der Waals surface area (Å²) < 4.78 is 26.4. The van der Waals surface area contributed by atoms with Crippen molar-refractivity contribution in [2.24, 2.45) is 0 Å². The molecule has 0 atom stereocenters. The Bertz CT molecular complexity index is 1040. The van der Waals surface area contributed by atoms with Crippen LogP contribution in [0.15, 0.2) is 54.0 Å². The fourth-order valence-corrected chi connectivity index (χ4v) is 4.61. The van der Waals surface area contributed by atoms with E-state index in [0.29, 0.717) is 37.3 Å². The van der Waals surface area contributed by atoms with Gasteiger partial charge in [-0.05, 0) is 30.0 Å². The van der Waals surface area contributed by atoms with E-state index in [4.69, 9.17) is 0 Å². The predicted octanol–water partition coefficient (Wildman–Crippen LogP) is 3.00. The van der Waals surface area contributed by atoms with Crippen LogP contribution in [0, 0.1) is 0 Å². The number of rotatable bonds is 9. The largest absolute Gasteiger partial charge is 0.352 e. The number of sulfonamides is 1. The highest BCUT2D eigenvalue weighted by Crippen LogP contribution is 2.27. The van der Waals surface area contributed by atoms with Crippen LogP contribution in [-0.4, -0.2) is 54.3 Å². The molecule has 0 unspecified atom stereocenters. The van der Waals surface area contributed by atoms with E-state index < -0.39 is 10.0 Å². The van der Waals surface area contributed by atoms with Gasteiger partial charge in [0.15, 0.2) is 0 Å². The first-order valence-electron chi connectivity index (χ1n) is 9.32. The first kappa shape index (κ1) is 21.2. The van der Waals surface area contributed by atoms with Crippen LogP contribution in [0.25, 0.3) is 16.3 Å². The van der Waals surface area contributed by atoms with E-state index in [9.17, 15) is 13.2 Å². The number of nitrogens with zero attached hydrogens (tertiary/aromatic N) is 3. The van der Waals surface area contributed by atoms with Gasteiger partial charge in [0.05, 0.1) is 22.4 Å². The van der Waals surface area contributed by atoms with Crippen molar-refractivity contribution < 1.29 is 13.2 Å². The second kappa shape index (κ2) is 9.34. The monoisotopic (exact) mass is 432 g/mol. The predicted molar refractivity (Wildman–Crippen MR) is 116 cm³/mol. The Kier molecular flexibility index (Phi) is 6.83. The second-order valence-corrected chi connectivity index (χ2v) is 9.44. The lowest BCUT2D eigenvalue weighted by molar-refractivity contribution is 0.0953. The Morgan fingerprint density at radius 2 is 1.97 bits per heavy atom. The minimum atomic E-state index is -3.22. The molecule has 0 bridgehead atoms. The molecule has 0 aliphatic heterocycles. The molecule has 0 fully saturated rings. The highest BCUT2D eigenvalue weighted by atomic mass is 32.2. The maximum absolute atomic E-state index is 12.8. The van der Waals surface area contributed by atoms with Crippen molar-refractivity contribution in [3.8, 4) is 16.3 Å². The minimum absolute atomic E-state index is 0.224. The summed E-state index contributed by atoms with van der Waals surface area (Å²) in [5, 5.41) is 9.46. The topological polar surface area (TPSA) is 84.3 Å². The molecule has 3 aromatic rings. The quantitative estimate of drug-likeness (QED) is 0.527. The van der Waals surface area contributed by atoms with Gasteiger partial charge in [0.1, 0.15) is 5.69 Å². The van der Waals surface area contributed by atoms with E-state index in [-0.39, 0.29) is 5.91 Å². The zero-order valence-electron chi connectivity index (χ0n) is 16.4. The van der Waals surface area contributed by atoms with Gasteiger partial charge in [0, 0.05) is 25.8 Å². The molecule has 7 nitrogen and oxygen atoms in total. The van der Waals surface area contributed by atoms with E-state index in [1.54, 1.807) is 17.8 Å². The lowest BCUT2D eigenvalue weighted by atomic mass is 10.2. The Hall–Kier alpha value is -2.49. The molecule has 29 heavy (non-hydrogen) atoms. The minimum Gasteiger partial charge on any atom is -0.352 e. The third-order valence-electron chi connectivity index (χ3n) is 4.43. The van der Waals surface area contributed by atoms with Gasteiger partial charge in [-0.25, -0.2) is 17.4 Å². The molecule has 0 saturated heterocycles. The summed E-state index contributed by atoms with van der Waals surface area (Å²) >= 11 is 1.52. The molecule has 154 valence electrons. The number of para-hydroxylation sites is 1. The van der Waals surface area contributed by atoms with Gasteiger partial charge in [-0.2, -0.15) is 5.10 Å².